The number of amides is 1. The van der Waals surface area contributed by atoms with Crippen molar-refractivity contribution in [3.8, 4) is 0 Å². The first-order valence-electron chi connectivity index (χ1n) is 10.7. The van der Waals surface area contributed by atoms with Gasteiger partial charge in [-0.1, -0.05) is 23.7 Å². The molecular weight excluding hydrogens is 465 g/mol. The highest BCUT2D eigenvalue weighted by atomic mass is 35.5. The van der Waals surface area contributed by atoms with E-state index < -0.39 is 17.8 Å². The number of halogens is 2. The fourth-order valence-corrected chi connectivity index (χ4v) is 4.60. The standard InChI is InChI=1S/C16H16N4O4.C7H7ClFN/c1-8(21)11-6-19(15-10(11)2-3-17-18-15)7-14(22)20-12-4-9(12)5-13(20)16(23)24;8-6-3-1-2-5(4-10)7(6)9/h2-3,6,9,12-13H,4-5,7H2,1H3,(H,23,24);1-3H,4,10H2/t9-,12-,13+;/m1./s1. The molecule has 3 N–H and O–H groups in total. The van der Waals surface area contributed by atoms with E-state index in [1.54, 1.807) is 29.0 Å². The molecule has 0 unspecified atom stereocenters. The minimum absolute atomic E-state index is 0.0405. The van der Waals surface area contributed by atoms with Crippen LogP contribution in [-0.4, -0.2) is 54.5 Å². The van der Waals surface area contributed by atoms with Crippen LogP contribution in [-0.2, 0) is 22.7 Å². The molecule has 9 nitrogen and oxygen atoms in total. The molecule has 1 amide bonds. The number of carbonyl (C=O) groups is 3. The Balaban J connectivity index is 0.000000231. The monoisotopic (exact) mass is 487 g/mol. The van der Waals surface area contributed by atoms with E-state index in [9.17, 15) is 23.9 Å². The van der Waals surface area contributed by atoms with Crippen molar-refractivity contribution in [2.75, 3.05) is 0 Å². The van der Waals surface area contributed by atoms with Crippen molar-refractivity contribution in [3.63, 3.8) is 0 Å². The molecule has 1 aliphatic carbocycles. The summed E-state index contributed by atoms with van der Waals surface area (Å²) in [7, 11) is 0. The number of fused-ring (bicyclic) bond motifs is 2. The van der Waals surface area contributed by atoms with Crippen LogP contribution in [0.4, 0.5) is 4.39 Å². The number of hydrogen-bond donors (Lipinski definition) is 2. The molecule has 0 radical (unpaired) electrons. The van der Waals surface area contributed by atoms with Crippen molar-refractivity contribution in [2.45, 2.75) is 44.9 Å². The number of carbonyl (C=O) groups excluding carboxylic acids is 2. The van der Waals surface area contributed by atoms with E-state index >= 15 is 0 Å². The summed E-state index contributed by atoms with van der Waals surface area (Å²) in [5.41, 5.74) is 6.61. The maximum absolute atomic E-state index is 12.8. The third-order valence-corrected chi connectivity index (χ3v) is 6.45. The molecule has 11 heteroatoms. The first-order chi connectivity index (χ1) is 16.2. The highest BCUT2D eigenvalue weighted by Crippen LogP contribution is 2.48. The Morgan fingerprint density at radius 2 is 2.03 bits per heavy atom. The minimum Gasteiger partial charge on any atom is -0.480 e. The Kier molecular flexibility index (Phi) is 6.63. The Morgan fingerprint density at radius 1 is 1.26 bits per heavy atom. The SMILES string of the molecule is CC(=O)c1cn(CC(=O)N2[C@@H]3C[C@@H]3C[C@H]2C(=O)O)c2nnccc12.NCc1cccc(Cl)c1F. The van der Waals surface area contributed by atoms with Gasteiger partial charge in [-0.2, -0.15) is 5.10 Å². The average Bonchev–Trinajstić information content (AvgIpc) is 3.31. The molecule has 1 saturated heterocycles. The predicted octanol–water partition coefficient (Wildman–Crippen LogP) is 2.65. The molecule has 1 aromatic carbocycles. The number of rotatable bonds is 5. The topological polar surface area (TPSA) is 131 Å². The lowest BCUT2D eigenvalue weighted by Crippen LogP contribution is -2.44. The molecule has 3 heterocycles. The van der Waals surface area contributed by atoms with Crippen molar-refractivity contribution in [2.24, 2.45) is 11.7 Å². The number of nitrogens with two attached hydrogens (primary N) is 1. The smallest absolute Gasteiger partial charge is 0.326 e. The number of hydrogen-bond acceptors (Lipinski definition) is 6. The van der Waals surface area contributed by atoms with Crippen molar-refractivity contribution in [1.29, 1.82) is 0 Å². The van der Waals surface area contributed by atoms with Gasteiger partial charge >= 0.3 is 5.97 Å². The number of carboxylic acid groups (broad SMARTS) is 1. The van der Waals surface area contributed by atoms with Gasteiger partial charge in [0, 0.05) is 35.3 Å². The molecule has 5 rings (SSSR count). The van der Waals surface area contributed by atoms with Crippen molar-refractivity contribution in [3.05, 3.63) is 58.6 Å². The van der Waals surface area contributed by atoms with Crippen LogP contribution in [0, 0.1) is 11.7 Å². The van der Waals surface area contributed by atoms with E-state index in [1.165, 1.54) is 24.1 Å². The summed E-state index contributed by atoms with van der Waals surface area (Å²) in [6.07, 6.45) is 4.49. The second kappa shape index (κ2) is 9.47. The first kappa shape index (κ1) is 23.8. The molecule has 2 aromatic heterocycles. The summed E-state index contributed by atoms with van der Waals surface area (Å²) in [5, 5.41) is 17.9. The second-order valence-corrected chi connectivity index (χ2v) is 8.77. The highest BCUT2D eigenvalue weighted by molar-refractivity contribution is 6.30. The van der Waals surface area contributed by atoms with Crippen LogP contribution >= 0.6 is 11.6 Å². The van der Waals surface area contributed by atoms with Crippen LogP contribution in [0.3, 0.4) is 0 Å². The summed E-state index contributed by atoms with van der Waals surface area (Å²) < 4.78 is 14.4. The number of benzene rings is 1. The molecule has 0 bridgehead atoms. The van der Waals surface area contributed by atoms with E-state index in [2.05, 4.69) is 10.2 Å². The summed E-state index contributed by atoms with van der Waals surface area (Å²) in [4.78, 5) is 37.3. The minimum atomic E-state index is -0.961. The predicted molar refractivity (Wildman–Crippen MR) is 122 cm³/mol. The van der Waals surface area contributed by atoms with Crippen LogP contribution in [0.5, 0.6) is 0 Å². The Hall–Kier alpha value is -3.37. The van der Waals surface area contributed by atoms with Crippen molar-refractivity contribution >= 4 is 40.3 Å². The maximum atomic E-state index is 12.8. The molecule has 3 atom stereocenters. The highest BCUT2D eigenvalue weighted by Gasteiger charge is 2.56. The van der Waals surface area contributed by atoms with Gasteiger partial charge in [0.2, 0.25) is 5.91 Å². The van der Waals surface area contributed by atoms with Gasteiger partial charge in [-0.05, 0) is 37.8 Å². The Labute approximate surface area is 199 Å². The molecule has 0 spiro atoms. The number of aliphatic carboxylic acids is 1. The van der Waals surface area contributed by atoms with Crippen LogP contribution in [0.1, 0.15) is 35.7 Å². The van der Waals surface area contributed by atoms with Gasteiger partial charge in [-0.3, -0.25) is 9.59 Å². The third kappa shape index (κ3) is 4.51. The largest absolute Gasteiger partial charge is 0.480 e. The van der Waals surface area contributed by atoms with Gasteiger partial charge in [0.15, 0.2) is 11.4 Å². The quantitative estimate of drug-likeness (QED) is 0.529. The number of aromatic nitrogens is 3. The Morgan fingerprint density at radius 3 is 2.68 bits per heavy atom. The molecule has 178 valence electrons. The lowest BCUT2D eigenvalue weighted by atomic mass is 10.1. The number of likely N-dealkylation sites (tertiary alicyclic amines) is 1. The Bertz CT molecular complexity index is 1280. The zero-order valence-electron chi connectivity index (χ0n) is 18.3. The van der Waals surface area contributed by atoms with Crippen molar-refractivity contribution < 1.29 is 23.9 Å². The number of nitrogens with zero attached hydrogens (tertiary/aromatic N) is 4. The molecule has 3 aromatic rings. The van der Waals surface area contributed by atoms with E-state index in [1.807, 2.05) is 0 Å². The van der Waals surface area contributed by atoms with Gasteiger partial charge < -0.3 is 20.3 Å². The zero-order valence-corrected chi connectivity index (χ0v) is 19.1. The maximum Gasteiger partial charge on any atom is 0.326 e. The fraction of sp³-hybridized carbons (Fsp3) is 0.348. The summed E-state index contributed by atoms with van der Waals surface area (Å²) in [6.45, 7) is 1.60. The number of ketones is 1. The lowest BCUT2D eigenvalue weighted by molar-refractivity contribution is -0.149. The lowest BCUT2D eigenvalue weighted by Gasteiger charge is -2.24. The molecule has 2 aliphatic rings. The zero-order chi connectivity index (χ0) is 24.6. The van der Waals surface area contributed by atoms with E-state index in [0.717, 1.165) is 6.42 Å². The van der Waals surface area contributed by atoms with Gasteiger partial charge in [0.05, 0.1) is 11.2 Å². The first-order valence-corrected chi connectivity index (χ1v) is 11.1. The summed E-state index contributed by atoms with van der Waals surface area (Å²) >= 11 is 5.46. The number of Topliss-reactive ketones (excluding diaryl/α,β-unsaturated/α-hetero) is 1. The van der Waals surface area contributed by atoms with Crippen molar-refractivity contribution in [1.82, 2.24) is 19.7 Å². The molecule has 34 heavy (non-hydrogen) atoms. The van der Waals surface area contributed by atoms with Gasteiger partial charge in [0.25, 0.3) is 0 Å². The summed E-state index contributed by atoms with van der Waals surface area (Å²) in [6, 6.07) is 5.76. The van der Waals surface area contributed by atoms with E-state index in [4.69, 9.17) is 17.3 Å². The summed E-state index contributed by atoms with van der Waals surface area (Å²) in [5.74, 6) is -1.44. The van der Waals surface area contributed by atoms with E-state index in [0.29, 0.717) is 34.5 Å². The second-order valence-electron chi connectivity index (χ2n) is 8.37. The molecule has 1 saturated carbocycles. The normalized spacial score (nSPS) is 20.5. The van der Waals surface area contributed by atoms with E-state index in [-0.39, 0.29) is 35.8 Å². The van der Waals surface area contributed by atoms with Gasteiger partial charge in [-0.15, -0.1) is 5.10 Å². The van der Waals surface area contributed by atoms with Crippen LogP contribution in [0.15, 0.2) is 36.7 Å². The average molecular weight is 488 g/mol. The molecule has 2 fully saturated rings. The number of carboxylic acids is 1. The molecule has 1 aliphatic heterocycles. The van der Waals surface area contributed by atoms with Crippen LogP contribution in [0.25, 0.3) is 11.0 Å². The molecular formula is C23H23ClFN5O4. The third-order valence-electron chi connectivity index (χ3n) is 6.16. The van der Waals surface area contributed by atoms with Crippen LogP contribution in [0.2, 0.25) is 5.02 Å². The van der Waals surface area contributed by atoms with Crippen LogP contribution < -0.4 is 5.73 Å². The van der Waals surface area contributed by atoms with Gasteiger partial charge in [0.1, 0.15) is 18.4 Å². The number of piperidine rings is 1. The van der Waals surface area contributed by atoms with Gasteiger partial charge in [-0.25, -0.2) is 9.18 Å². The fourth-order valence-electron chi connectivity index (χ4n) is 4.40.